The van der Waals surface area contributed by atoms with Crippen molar-refractivity contribution in [3.05, 3.63) is 36.3 Å². The normalized spacial score (nSPS) is 18.4. The van der Waals surface area contributed by atoms with E-state index < -0.39 is 5.41 Å². The van der Waals surface area contributed by atoms with Gasteiger partial charge in [-0.3, -0.25) is 0 Å². The van der Waals surface area contributed by atoms with Gasteiger partial charge in [0.1, 0.15) is 11.7 Å². The number of aromatic nitrogens is 2. The Bertz CT molecular complexity index is 601. The van der Waals surface area contributed by atoms with Gasteiger partial charge in [0.25, 0.3) is 0 Å². The largest absolute Gasteiger partial charge is 0.239 e. The maximum atomic E-state index is 9.64. The summed E-state index contributed by atoms with van der Waals surface area (Å²) in [6.45, 7) is 0. The van der Waals surface area contributed by atoms with E-state index in [1.165, 1.54) is 6.42 Å². The Hall–Kier alpha value is -1.95. The Balaban J connectivity index is 2.21. The second-order valence-electron chi connectivity index (χ2n) is 4.99. The maximum absolute atomic E-state index is 9.64. The number of nitrogens with zero attached hydrogens (tertiary/aromatic N) is 3. The molecule has 3 heteroatoms. The number of nitriles is 1. The lowest BCUT2D eigenvalue weighted by atomic mass is 9.72. The predicted octanol–water partition coefficient (Wildman–Crippen LogP) is 3.36. The third-order valence-electron chi connectivity index (χ3n) is 3.92. The lowest BCUT2D eigenvalue weighted by molar-refractivity contribution is 0.361. The average Bonchev–Trinajstić information content (AvgIpc) is 2.47. The molecule has 0 atom stereocenters. The van der Waals surface area contributed by atoms with Crippen LogP contribution in [0.3, 0.4) is 0 Å². The van der Waals surface area contributed by atoms with Crippen LogP contribution in [0, 0.1) is 11.3 Å². The summed E-state index contributed by atoms with van der Waals surface area (Å²) >= 11 is 0. The first-order valence-electron chi connectivity index (χ1n) is 6.47. The third kappa shape index (κ3) is 1.65. The van der Waals surface area contributed by atoms with Crippen molar-refractivity contribution >= 4 is 10.9 Å². The van der Waals surface area contributed by atoms with E-state index in [0.29, 0.717) is 0 Å². The summed E-state index contributed by atoms with van der Waals surface area (Å²) in [5.74, 6) is 0. The minimum Gasteiger partial charge on any atom is -0.239 e. The molecule has 3 rings (SSSR count). The van der Waals surface area contributed by atoms with Crippen LogP contribution in [-0.2, 0) is 5.41 Å². The lowest BCUT2D eigenvalue weighted by Gasteiger charge is -2.30. The van der Waals surface area contributed by atoms with Crippen LogP contribution in [0.5, 0.6) is 0 Å². The summed E-state index contributed by atoms with van der Waals surface area (Å²) in [7, 11) is 0. The second kappa shape index (κ2) is 4.38. The number of hydrogen-bond acceptors (Lipinski definition) is 3. The van der Waals surface area contributed by atoms with Gasteiger partial charge in [-0.2, -0.15) is 5.26 Å². The van der Waals surface area contributed by atoms with Crippen molar-refractivity contribution in [3.63, 3.8) is 0 Å². The molecule has 1 aromatic heterocycles. The predicted molar refractivity (Wildman–Crippen MR) is 69.9 cm³/mol. The smallest absolute Gasteiger partial charge is 0.116 e. The second-order valence-corrected chi connectivity index (χ2v) is 4.99. The quantitative estimate of drug-likeness (QED) is 0.764. The number of rotatable bonds is 1. The van der Waals surface area contributed by atoms with Gasteiger partial charge in [-0.15, -0.1) is 0 Å². The first kappa shape index (κ1) is 11.2. The first-order valence-corrected chi connectivity index (χ1v) is 6.47. The molecular weight excluding hydrogens is 222 g/mol. The maximum Gasteiger partial charge on any atom is 0.116 e. The fraction of sp³-hybridized carbons (Fsp3) is 0.400. The molecule has 2 aromatic rings. The highest BCUT2D eigenvalue weighted by Crippen LogP contribution is 2.40. The van der Waals surface area contributed by atoms with Crippen molar-refractivity contribution in [1.82, 2.24) is 9.97 Å². The Morgan fingerprint density at radius 3 is 2.61 bits per heavy atom. The first-order chi connectivity index (χ1) is 8.86. The van der Waals surface area contributed by atoms with Crippen LogP contribution in [-0.4, -0.2) is 9.97 Å². The number of para-hydroxylation sites is 1. The van der Waals surface area contributed by atoms with Crippen molar-refractivity contribution in [2.75, 3.05) is 0 Å². The van der Waals surface area contributed by atoms with E-state index in [4.69, 9.17) is 0 Å². The van der Waals surface area contributed by atoms with Gasteiger partial charge in [0.2, 0.25) is 0 Å². The molecule has 0 radical (unpaired) electrons. The lowest BCUT2D eigenvalue weighted by Crippen LogP contribution is -2.28. The van der Waals surface area contributed by atoms with Gasteiger partial charge in [0.05, 0.1) is 17.3 Å². The molecule has 1 saturated carbocycles. The molecule has 0 saturated heterocycles. The molecule has 3 nitrogen and oxygen atoms in total. The van der Waals surface area contributed by atoms with Crippen molar-refractivity contribution in [2.45, 2.75) is 37.5 Å². The summed E-state index contributed by atoms with van der Waals surface area (Å²) in [4.78, 5) is 8.72. The SMILES string of the molecule is N#CC1(c2ncnc3ccccc23)CCCCC1. The van der Waals surface area contributed by atoms with Crippen LogP contribution in [0.4, 0.5) is 0 Å². The monoisotopic (exact) mass is 237 g/mol. The molecule has 0 spiro atoms. The zero-order valence-electron chi connectivity index (χ0n) is 10.3. The summed E-state index contributed by atoms with van der Waals surface area (Å²) in [5.41, 5.74) is 1.46. The highest BCUT2D eigenvalue weighted by Gasteiger charge is 2.36. The highest BCUT2D eigenvalue weighted by molar-refractivity contribution is 5.82. The van der Waals surface area contributed by atoms with E-state index in [1.54, 1.807) is 6.33 Å². The fourth-order valence-corrected chi connectivity index (χ4v) is 2.94. The zero-order chi connectivity index (χ0) is 12.4. The number of hydrogen-bond donors (Lipinski definition) is 0. The number of fused-ring (bicyclic) bond motifs is 1. The third-order valence-corrected chi connectivity index (χ3v) is 3.92. The van der Waals surface area contributed by atoms with E-state index in [0.717, 1.165) is 42.3 Å². The van der Waals surface area contributed by atoms with Gasteiger partial charge >= 0.3 is 0 Å². The molecule has 0 aliphatic heterocycles. The minimum absolute atomic E-state index is 0.402. The van der Waals surface area contributed by atoms with E-state index in [1.807, 2.05) is 24.3 Å². The number of benzene rings is 1. The van der Waals surface area contributed by atoms with Crippen molar-refractivity contribution in [3.8, 4) is 6.07 Å². The van der Waals surface area contributed by atoms with Crippen LogP contribution in [0.15, 0.2) is 30.6 Å². The van der Waals surface area contributed by atoms with Crippen LogP contribution in [0.1, 0.15) is 37.8 Å². The van der Waals surface area contributed by atoms with Gasteiger partial charge in [0.15, 0.2) is 0 Å². The van der Waals surface area contributed by atoms with Crippen LogP contribution in [0.2, 0.25) is 0 Å². The van der Waals surface area contributed by atoms with Crippen molar-refractivity contribution in [1.29, 1.82) is 5.26 Å². The molecule has 1 fully saturated rings. The van der Waals surface area contributed by atoms with Crippen molar-refractivity contribution in [2.24, 2.45) is 0 Å². The van der Waals surface area contributed by atoms with Gasteiger partial charge < -0.3 is 0 Å². The van der Waals surface area contributed by atoms with Gasteiger partial charge in [0, 0.05) is 5.39 Å². The van der Waals surface area contributed by atoms with Crippen LogP contribution < -0.4 is 0 Å². The summed E-state index contributed by atoms with van der Waals surface area (Å²) in [6.07, 6.45) is 6.89. The van der Waals surface area contributed by atoms with Crippen molar-refractivity contribution < 1.29 is 0 Å². The molecule has 1 aliphatic carbocycles. The topological polar surface area (TPSA) is 49.6 Å². The highest BCUT2D eigenvalue weighted by atomic mass is 14.8. The Morgan fingerprint density at radius 1 is 1.06 bits per heavy atom. The molecule has 0 amide bonds. The summed E-state index contributed by atoms with van der Waals surface area (Å²) in [5, 5.41) is 10.7. The zero-order valence-corrected chi connectivity index (χ0v) is 10.3. The van der Waals surface area contributed by atoms with Crippen LogP contribution in [0.25, 0.3) is 10.9 Å². The molecule has 1 heterocycles. The summed E-state index contributed by atoms with van der Waals surface area (Å²) < 4.78 is 0. The molecule has 1 aliphatic rings. The van der Waals surface area contributed by atoms with Crippen LogP contribution >= 0.6 is 0 Å². The van der Waals surface area contributed by atoms with Gasteiger partial charge in [-0.1, -0.05) is 37.5 Å². The standard InChI is InChI=1S/C15H15N3/c16-10-15(8-4-1-5-9-15)14-12-6-2-3-7-13(12)17-11-18-14/h2-3,6-7,11H,1,4-5,8-9H2. The Morgan fingerprint density at radius 2 is 1.83 bits per heavy atom. The van der Waals surface area contributed by atoms with E-state index >= 15 is 0 Å². The Kier molecular flexibility index (Phi) is 2.71. The van der Waals surface area contributed by atoms with Gasteiger partial charge in [-0.25, -0.2) is 9.97 Å². The molecule has 0 unspecified atom stereocenters. The fourth-order valence-electron chi connectivity index (χ4n) is 2.94. The summed E-state index contributed by atoms with van der Waals surface area (Å²) in [6, 6.07) is 10.5. The molecule has 0 bridgehead atoms. The van der Waals surface area contributed by atoms with Gasteiger partial charge in [-0.05, 0) is 18.9 Å². The average molecular weight is 237 g/mol. The Labute approximate surface area is 106 Å². The van der Waals surface area contributed by atoms with E-state index in [-0.39, 0.29) is 0 Å². The molecule has 18 heavy (non-hydrogen) atoms. The molecule has 90 valence electrons. The molecular formula is C15H15N3. The molecule has 0 N–H and O–H groups in total. The van der Waals surface area contributed by atoms with E-state index in [2.05, 4.69) is 16.0 Å². The van der Waals surface area contributed by atoms with E-state index in [9.17, 15) is 5.26 Å². The molecule has 1 aromatic carbocycles. The minimum atomic E-state index is -0.402.